The van der Waals surface area contributed by atoms with E-state index in [-0.39, 0.29) is 11.9 Å². The molecule has 2 aromatic heterocycles. The molecule has 4 rings (SSSR count). The Bertz CT molecular complexity index is 1470. The van der Waals surface area contributed by atoms with Gasteiger partial charge < -0.3 is 14.5 Å². The van der Waals surface area contributed by atoms with E-state index >= 15 is 0 Å². The maximum atomic E-state index is 11.9. The van der Waals surface area contributed by atoms with Gasteiger partial charge in [-0.15, -0.1) is 0 Å². The third kappa shape index (κ3) is 5.59. The number of allylic oxidation sites excluding steroid dienone is 1. The average molecular weight is 498 g/mol. The van der Waals surface area contributed by atoms with Crippen molar-refractivity contribution in [2.45, 2.75) is 20.8 Å². The van der Waals surface area contributed by atoms with E-state index < -0.39 is 0 Å². The summed E-state index contributed by atoms with van der Waals surface area (Å²) in [4.78, 5) is 28.3. The van der Waals surface area contributed by atoms with Crippen LogP contribution in [0.15, 0.2) is 65.1 Å². The van der Waals surface area contributed by atoms with Crippen molar-refractivity contribution in [2.24, 2.45) is 0 Å². The molecule has 0 aliphatic heterocycles. The number of rotatable bonds is 7. The normalized spacial score (nSPS) is 11.1. The maximum absolute atomic E-state index is 11.9. The lowest BCUT2D eigenvalue weighted by Crippen LogP contribution is -2.05. The van der Waals surface area contributed by atoms with Gasteiger partial charge in [-0.05, 0) is 38.1 Å². The summed E-state index contributed by atoms with van der Waals surface area (Å²) in [6.45, 7) is 5.50. The fourth-order valence-electron chi connectivity index (χ4n) is 3.44. The van der Waals surface area contributed by atoms with Crippen LogP contribution in [0.2, 0.25) is 0 Å². The minimum atomic E-state index is -0.377. The van der Waals surface area contributed by atoms with E-state index in [9.17, 15) is 14.9 Å². The minimum Gasteiger partial charge on any atom is -0.462 e. The molecule has 2 heterocycles. The minimum absolute atomic E-state index is 0.217. The summed E-state index contributed by atoms with van der Waals surface area (Å²) in [5.41, 5.74) is 4.11. The number of nitriles is 1. The summed E-state index contributed by atoms with van der Waals surface area (Å²) in [5.74, 6) is 0.472. The van der Waals surface area contributed by atoms with Crippen LogP contribution in [0.1, 0.15) is 40.5 Å². The Morgan fingerprint density at radius 2 is 1.78 bits per heavy atom. The monoisotopic (exact) mass is 497 g/mol. The van der Waals surface area contributed by atoms with Gasteiger partial charge in [-0.1, -0.05) is 53.3 Å². The number of benzene rings is 2. The van der Waals surface area contributed by atoms with Gasteiger partial charge in [0.05, 0.1) is 17.7 Å². The van der Waals surface area contributed by atoms with Crippen LogP contribution in [-0.2, 0) is 9.53 Å². The van der Waals surface area contributed by atoms with E-state index in [1.54, 1.807) is 49.4 Å². The van der Waals surface area contributed by atoms with Crippen molar-refractivity contribution in [1.29, 1.82) is 5.26 Å². The second kappa shape index (κ2) is 10.8. The lowest BCUT2D eigenvalue weighted by Gasteiger charge is -2.03. The number of nitrogens with zero attached hydrogens (tertiary/aromatic N) is 2. The zero-order chi connectivity index (χ0) is 25.7. The number of esters is 1. The lowest BCUT2D eigenvalue weighted by atomic mass is 10.1. The molecule has 0 unspecified atom stereocenters. The van der Waals surface area contributed by atoms with Crippen LogP contribution < -0.4 is 5.32 Å². The number of nitrogens with one attached hydrogen (secondary N) is 1. The van der Waals surface area contributed by atoms with Crippen LogP contribution in [0.3, 0.4) is 0 Å². The standard InChI is InChI=1S/C28H23N3O4S/c1-4-34-28(33)21-11-9-19(10-12-21)24-14-13-23(35-24)15-22(16-29)26-31-25(27(36-26)30-18(3)32)20-7-5-17(2)6-8-20/h5-15H,4H2,1-3H3,(H,30,32). The summed E-state index contributed by atoms with van der Waals surface area (Å²) in [6.07, 6.45) is 1.62. The van der Waals surface area contributed by atoms with Crippen LogP contribution in [-0.4, -0.2) is 23.5 Å². The Hall–Kier alpha value is -4.48. The van der Waals surface area contributed by atoms with E-state index in [0.717, 1.165) is 16.7 Å². The van der Waals surface area contributed by atoms with Gasteiger partial charge in [-0.3, -0.25) is 4.79 Å². The SMILES string of the molecule is CCOC(=O)c1ccc(-c2ccc(C=C(C#N)c3nc(-c4ccc(C)cc4)c(NC(C)=O)s3)o2)cc1. The number of anilines is 1. The predicted molar refractivity (Wildman–Crippen MR) is 140 cm³/mol. The van der Waals surface area contributed by atoms with Crippen molar-refractivity contribution in [3.8, 4) is 28.7 Å². The quantitative estimate of drug-likeness (QED) is 0.228. The number of furan rings is 1. The molecule has 0 saturated carbocycles. The molecular formula is C28H23N3O4S. The van der Waals surface area contributed by atoms with E-state index in [4.69, 9.17) is 9.15 Å². The summed E-state index contributed by atoms with van der Waals surface area (Å²) in [5, 5.41) is 13.7. The van der Waals surface area contributed by atoms with Crippen LogP contribution in [0.4, 0.5) is 5.00 Å². The first-order valence-corrected chi connectivity index (χ1v) is 12.0. The molecule has 0 atom stereocenters. The Morgan fingerprint density at radius 1 is 1.08 bits per heavy atom. The molecule has 0 fully saturated rings. The zero-order valence-corrected chi connectivity index (χ0v) is 20.8. The molecule has 4 aromatic rings. The van der Waals surface area contributed by atoms with Crippen molar-refractivity contribution < 1.29 is 18.7 Å². The van der Waals surface area contributed by atoms with Crippen molar-refractivity contribution >= 4 is 39.9 Å². The third-order valence-electron chi connectivity index (χ3n) is 5.19. The number of carbonyl (C=O) groups is 2. The molecule has 8 heteroatoms. The molecule has 0 aliphatic rings. The van der Waals surface area contributed by atoms with E-state index in [1.165, 1.54) is 18.3 Å². The Balaban J connectivity index is 1.63. The summed E-state index contributed by atoms with van der Waals surface area (Å²) in [7, 11) is 0. The fourth-order valence-corrected chi connectivity index (χ4v) is 4.44. The van der Waals surface area contributed by atoms with Gasteiger partial charge in [0, 0.05) is 24.1 Å². The number of thiazole rings is 1. The van der Waals surface area contributed by atoms with Gasteiger partial charge in [0.1, 0.15) is 33.3 Å². The largest absolute Gasteiger partial charge is 0.462 e. The summed E-state index contributed by atoms with van der Waals surface area (Å²) >= 11 is 1.23. The van der Waals surface area contributed by atoms with Gasteiger partial charge in [0.25, 0.3) is 0 Å². The van der Waals surface area contributed by atoms with E-state index in [0.29, 0.717) is 45.0 Å². The summed E-state index contributed by atoms with van der Waals surface area (Å²) in [6, 6.07) is 20.5. The van der Waals surface area contributed by atoms with Gasteiger partial charge in [0.15, 0.2) is 0 Å². The Morgan fingerprint density at radius 3 is 2.42 bits per heavy atom. The molecule has 0 saturated heterocycles. The first kappa shape index (κ1) is 24.6. The number of hydrogen-bond donors (Lipinski definition) is 1. The van der Waals surface area contributed by atoms with Crippen LogP contribution >= 0.6 is 11.3 Å². The molecule has 0 spiro atoms. The predicted octanol–water partition coefficient (Wildman–Crippen LogP) is 6.58. The number of amides is 1. The molecule has 0 bridgehead atoms. The fraction of sp³-hybridized carbons (Fsp3) is 0.143. The maximum Gasteiger partial charge on any atom is 0.338 e. The van der Waals surface area contributed by atoms with Gasteiger partial charge in [0.2, 0.25) is 5.91 Å². The molecular weight excluding hydrogens is 474 g/mol. The highest BCUT2D eigenvalue weighted by Gasteiger charge is 2.18. The highest BCUT2D eigenvalue weighted by Crippen LogP contribution is 2.37. The molecule has 180 valence electrons. The topological polar surface area (TPSA) is 105 Å². The highest BCUT2D eigenvalue weighted by atomic mass is 32.1. The van der Waals surface area contributed by atoms with Crippen molar-refractivity contribution in [1.82, 2.24) is 4.98 Å². The molecule has 2 aromatic carbocycles. The molecule has 0 radical (unpaired) electrons. The van der Waals surface area contributed by atoms with Crippen molar-refractivity contribution in [3.63, 3.8) is 0 Å². The first-order chi connectivity index (χ1) is 17.4. The number of hydrogen-bond acceptors (Lipinski definition) is 7. The molecule has 1 N–H and O–H groups in total. The van der Waals surface area contributed by atoms with E-state index in [2.05, 4.69) is 16.4 Å². The lowest BCUT2D eigenvalue weighted by molar-refractivity contribution is -0.114. The number of aromatic nitrogens is 1. The van der Waals surface area contributed by atoms with Crippen LogP contribution in [0.25, 0.3) is 34.2 Å². The van der Waals surface area contributed by atoms with E-state index in [1.807, 2.05) is 31.2 Å². The molecule has 7 nitrogen and oxygen atoms in total. The van der Waals surface area contributed by atoms with Crippen molar-refractivity contribution in [2.75, 3.05) is 11.9 Å². The number of ether oxygens (including phenoxy) is 1. The highest BCUT2D eigenvalue weighted by molar-refractivity contribution is 7.17. The van der Waals surface area contributed by atoms with Gasteiger partial charge in [-0.25, -0.2) is 9.78 Å². The van der Waals surface area contributed by atoms with Crippen molar-refractivity contribution in [3.05, 3.63) is 82.6 Å². The second-order valence-corrected chi connectivity index (χ2v) is 8.91. The van der Waals surface area contributed by atoms with Crippen LogP contribution in [0.5, 0.6) is 0 Å². The number of aryl methyl sites for hydroxylation is 1. The average Bonchev–Trinajstić information content (AvgIpc) is 3.50. The third-order valence-corrected chi connectivity index (χ3v) is 6.19. The molecule has 0 aliphatic carbocycles. The van der Waals surface area contributed by atoms with Gasteiger partial charge in [-0.2, -0.15) is 5.26 Å². The second-order valence-electron chi connectivity index (χ2n) is 7.91. The Kier molecular flexibility index (Phi) is 7.42. The first-order valence-electron chi connectivity index (χ1n) is 11.2. The smallest absolute Gasteiger partial charge is 0.338 e. The zero-order valence-electron chi connectivity index (χ0n) is 20.0. The Labute approximate surface area is 212 Å². The van der Waals surface area contributed by atoms with Gasteiger partial charge >= 0.3 is 5.97 Å². The van der Waals surface area contributed by atoms with Crippen LogP contribution in [0, 0.1) is 18.3 Å². The molecule has 36 heavy (non-hydrogen) atoms. The number of carbonyl (C=O) groups excluding carboxylic acids is 2. The summed E-state index contributed by atoms with van der Waals surface area (Å²) < 4.78 is 10.9. The molecule has 1 amide bonds.